The van der Waals surface area contributed by atoms with Crippen LogP contribution in [0.1, 0.15) is 13.8 Å². The van der Waals surface area contributed by atoms with Gasteiger partial charge in [0.25, 0.3) is 0 Å². The van der Waals surface area contributed by atoms with Crippen LogP contribution in [0.3, 0.4) is 0 Å². The van der Waals surface area contributed by atoms with E-state index < -0.39 is 0 Å². The van der Waals surface area contributed by atoms with E-state index in [-0.39, 0.29) is 12.0 Å². The first-order valence-corrected chi connectivity index (χ1v) is 6.02. The van der Waals surface area contributed by atoms with Crippen LogP contribution in [0.15, 0.2) is 0 Å². The van der Waals surface area contributed by atoms with Gasteiger partial charge in [-0.15, -0.1) is 0 Å². The molecule has 1 saturated heterocycles. The quantitative estimate of drug-likeness (QED) is 0.664. The smallest absolute Gasteiger partial charge is 0.0589 e. The summed E-state index contributed by atoms with van der Waals surface area (Å²) in [4.78, 5) is 2.37. The van der Waals surface area contributed by atoms with E-state index in [4.69, 9.17) is 9.47 Å². The summed E-state index contributed by atoms with van der Waals surface area (Å²) in [5, 5.41) is 9.41. The van der Waals surface area contributed by atoms with E-state index in [1.54, 1.807) is 7.11 Å². The summed E-state index contributed by atoms with van der Waals surface area (Å²) in [6.45, 7) is 9.64. The first-order chi connectivity index (χ1) is 7.62. The monoisotopic (exact) mass is 231 g/mol. The Kier molecular flexibility index (Phi) is 5.69. The molecule has 0 aromatic carbocycles. The molecule has 1 aliphatic heterocycles. The molecule has 96 valence electrons. The third-order valence-electron chi connectivity index (χ3n) is 2.95. The van der Waals surface area contributed by atoms with Gasteiger partial charge in [0.05, 0.1) is 31.8 Å². The number of ether oxygens (including phenoxy) is 2. The number of aliphatic hydroxyl groups excluding tert-OH is 1. The Morgan fingerprint density at radius 2 is 2.12 bits per heavy atom. The standard InChI is InChI=1S/C12H25NO3/c1-11(2)6-13(4-5-15-3)7-12(8-14)9-16-10-12/h11,14H,4-10H2,1-3H3. The fraction of sp³-hybridized carbons (Fsp3) is 1.00. The summed E-state index contributed by atoms with van der Waals surface area (Å²) in [7, 11) is 1.72. The van der Waals surface area contributed by atoms with Crippen LogP contribution in [-0.2, 0) is 9.47 Å². The summed E-state index contributed by atoms with van der Waals surface area (Å²) in [5.74, 6) is 0.633. The van der Waals surface area contributed by atoms with E-state index in [0.717, 1.165) is 26.2 Å². The largest absolute Gasteiger partial charge is 0.396 e. The van der Waals surface area contributed by atoms with Crippen molar-refractivity contribution in [3.63, 3.8) is 0 Å². The molecule has 1 N–H and O–H groups in total. The first kappa shape index (κ1) is 13.9. The average molecular weight is 231 g/mol. The van der Waals surface area contributed by atoms with Gasteiger partial charge in [-0.1, -0.05) is 13.8 Å². The van der Waals surface area contributed by atoms with Crippen molar-refractivity contribution in [3.8, 4) is 0 Å². The topological polar surface area (TPSA) is 41.9 Å². The maximum Gasteiger partial charge on any atom is 0.0589 e. The highest BCUT2D eigenvalue weighted by Gasteiger charge is 2.39. The highest BCUT2D eigenvalue weighted by atomic mass is 16.5. The Labute approximate surface area is 98.5 Å². The van der Waals surface area contributed by atoms with Crippen LogP contribution in [0, 0.1) is 11.3 Å². The van der Waals surface area contributed by atoms with Gasteiger partial charge in [0, 0.05) is 26.7 Å². The zero-order valence-corrected chi connectivity index (χ0v) is 10.7. The molecule has 0 aromatic rings. The van der Waals surface area contributed by atoms with Gasteiger partial charge in [-0.2, -0.15) is 0 Å². The lowest BCUT2D eigenvalue weighted by molar-refractivity contribution is -0.149. The number of hydrogen-bond donors (Lipinski definition) is 1. The molecule has 16 heavy (non-hydrogen) atoms. The Balaban J connectivity index is 2.41. The SMILES string of the molecule is COCCN(CC(C)C)CC1(CO)COC1. The van der Waals surface area contributed by atoms with Crippen molar-refractivity contribution in [2.45, 2.75) is 13.8 Å². The van der Waals surface area contributed by atoms with Gasteiger partial charge >= 0.3 is 0 Å². The normalized spacial score (nSPS) is 19.1. The molecule has 0 saturated carbocycles. The van der Waals surface area contributed by atoms with Gasteiger partial charge in [-0.25, -0.2) is 0 Å². The molecular weight excluding hydrogens is 206 g/mol. The number of hydrogen-bond acceptors (Lipinski definition) is 4. The molecule has 4 nitrogen and oxygen atoms in total. The third kappa shape index (κ3) is 4.01. The van der Waals surface area contributed by atoms with Crippen molar-refractivity contribution in [3.05, 3.63) is 0 Å². The van der Waals surface area contributed by atoms with E-state index >= 15 is 0 Å². The van der Waals surface area contributed by atoms with Gasteiger partial charge in [-0.05, 0) is 5.92 Å². The predicted octanol–water partition coefficient (Wildman–Crippen LogP) is 0.600. The van der Waals surface area contributed by atoms with Crippen molar-refractivity contribution in [1.82, 2.24) is 4.90 Å². The van der Waals surface area contributed by atoms with Gasteiger partial charge < -0.3 is 14.6 Å². The lowest BCUT2D eigenvalue weighted by atomic mass is 9.86. The minimum Gasteiger partial charge on any atom is -0.396 e. The molecule has 0 bridgehead atoms. The van der Waals surface area contributed by atoms with Crippen molar-refractivity contribution >= 4 is 0 Å². The molecule has 0 aromatic heterocycles. The van der Waals surface area contributed by atoms with Crippen LogP contribution >= 0.6 is 0 Å². The molecule has 1 rings (SSSR count). The van der Waals surface area contributed by atoms with Crippen LogP contribution in [0.25, 0.3) is 0 Å². The summed E-state index contributed by atoms with van der Waals surface area (Å²) >= 11 is 0. The third-order valence-corrected chi connectivity index (χ3v) is 2.95. The van der Waals surface area contributed by atoms with E-state index in [1.807, 2.05) is 0 Å². The van der Waals surface area contributed by atoms with E-state index in [1.165, 1.54) is 0 Å². The van der Waals surface area contributed by atoms with Gasteiger partial charge in [0.2, 0.25) is 0 Å². The van der Waals surface area contributed by atoms with Crippen molar-refractivity contribution in [1.29, 1.82) is 0 Å². The molecule has 0 atom stereocenters. The molecule has 0 aliphatic carbocycles. The first-order valence-electron chi connectivity index (χ1n) is 6.02. The molecule has 0 amide bonds. The number of methoxy groups -OCH3 is 1. The molecule has 1 heterocycles. The van der Waals surface area contributed by atoms with Crippen LogP contribution in [0.4, 0.5) is 0 Å². The van der Waals surface area contributed by atoms with Crippen LogP contribution in [0.5, 0.6) is 0 Å². The molecular formula is C12H25NO3. The molecule has 1 aliphatic rings. The van der Waals surface area contributed by atoms with E-state index in [0.29, 0.717) is 19.1 Å². The summed E-state index contributed by atoms with van der Waals surface area (Å²) in [6.07, 6.45) is 0. The maximum absolute atomic E-state index is 9.41. The highest BCUT2D eigenvalue weighted by Crippen LogP contribution is 2.28. The average Bonchev–Trinajstić information content (AvgIpc) is 2.19. The van der Waals surface area contributed by atoms with E-state index in [2.05, 4.69) is 18.7 Å². The zero-order chi connectivity index (χ0) is 12.0. The maximum atomic E-state index is 9.41. The van der Waals surface area contributed by atoms with Crippen molar-refractivity contribution < 1.29 is 14.6 Å². The second-order valence-electron chi connectivity index (χ2n) is 5.27. The minimum atomic E-state index is -0.0252. The highest BCUT2D eigenvalue weighted by molar-refractivity contribution is 4.88. The Hall–Kier alpha value is -0.160. The molecule has 1 fully saturated rings. The Morgan fingerprint density at radius 3 is 2.50 bits per heavy atom. The summed E-state index contributed by atoms with van der Waals surface area (Å²) < 4.78 is 10.3. The van der Waals surface area contributed by atoms with Crippen LogP contribution in [0.2, 0.25) is 0 Å². The second-order valence-corrected chi connectivity index (χ2v) is 5.27. The number of aliphatic hydroxyl groups is 1. The van der Waals surface area contributed by atoms with Crippen molar-refractivity contribution in [2.75, 3.05) is 53.2 Å². The lowest BCUT2D eigenvalue weighted by Crippen LogP contribution is -2.54. The Bertz CT molecular complexity index is 187. The van der Waals surface area contributed by atoms with Gasteiger partial charge in [0.15, 0.2) is 0 Å². The summed E-state index contributed by atoms with van der Waals surface area (Å²) in [5.41, 5.74) is -0.0252. The fourth-order valence-electron chi connectivity index (χ4n) is 2.07. The van der Waals surface area contributed by atoms with Gasteiger partial charge in [-0.3, -0.25) is 4.90 Å². The van der Waals surface area contributed by atoms with Crippen LogP contribution in [-0.4, -0.2) is 63.2 Å². The Morgan fingerprint density at radius 1 is 1.44 bits per heavy atom. The predicted molar refractivity (Wildman–Crippen MR) is 63.5 cm³/mol. The fourth-order valence-corrected chi connectivity index (χ4v) is 2.07. The lowest BCUT2D eigenvalue weighted by Gasteiger charge is -2.43. The van der Waals surface area contributed by atoms with Gasteiger partial charge in [0.1, 0.15) is 0 Å². The van der Waals surface area contributed by atoms with Crippen LogP contribution < -0.4 is 0 Å². The molecule has 0 radical (unpaired) electrons. The zero-order valence-electron chi connectivity index (χ0n) is 10.7. The summed E-state index contributed by atoms with van der Waals surface area (Å²) in [6, 6.07) is 0. The molecule has 0 spiro atoms. The second kappa shape index (κ2) is 6.55. The number of rotatable bonds is 8. The van der Waals surface area contributed by atoms with E-state index in [9.17, 15) is 5.11 Å². The molecule has 0 unspecified atom stereocenters. The van der Waals surface area contributed by atoms with Crippen molar-refractivity contribution in [2.24, 2.45) is 11.3 Å². The molecule has 4 heteroatoms. The minimum absolute atomic E-state index is 0.0252. The number of nitrogens with zero attached hydrogens (tertiary/aromatic N) is 1.